The molecule has 0 amide bonds. The molecule has 22 heavy (non-hydrogen) atoms. The van der Waals surface area contributed by atoms with Crippen LogP contribution in [0.3, 0.4) is 0 Å². The highest BCUT2D eigenvalue weighted by Crippen LogP contribution is 2.28. The molecule has 0 aromatic carbocycles. The van der Waals surface area contributed by atoms with E-state index in [1.165, 1.54) is 4.31 Å². The predicted molar refractivity (Wildman–Crippen MR) is 74.9 cm³/mol. The van der Waals surface area contributed by atoms with Gasteiger partial charge < -0.3 is 4.90 Å². The lowest BCUT2D eigenvalue weighted by molar-refractivity contribution is -0.141. The standard InChI is InChI=1S/C12H17F3N4O2S/c1-2-9-22(20,21)19-7-5-18(6-8-19)11-16-4-3-10(17-11)12(13,14)15/h3-4H,2,5-9H2,1H3. The van der Waals surface area contributed by atoms with Crippen LogP contribution in [0.5, 0.6) is 0 Å². The van der Waals surface area contributed by atoms with Crippen molar-refractivity contribution in [2.75, 3.05) is 36.8 Å². The van der Waals surface area contributed by atoms with Crippen LogP contribution in [0.25, 0.3) is 0 Å². The first-order valence-electron chi connectivity index (χ1n) is 6.87. The van der Waals surface area contributed by atoms with Gasteiger partial charge in [-0.05, 0) is 12.5 Å². The van der Waals surface area contributed by atoms with E-state index in [2.05, 4.69) is 9.97 Å². The molecule has 2 rings (SSSR count). The Morgan fingerprint density at radius 2 is 1.86 bits per heavy atom. The molecule has 1 aromatic heterocycles. The summed E-state index contributed by atoms with van der Waals surface area (Å²) >= 11 is 0. The summed E-state index contributed by atoms with van der Waals surface area (Å²) < 4.78 is 63.2. The second kappa shape index (κ2) is 6.37. The number of rotatable bonds is 4. The summed E-state index contributed by atoms with van der Waals surface area (Å²) in [5.41, 5.74) is -1.00. The summed E-state index contributed by atoms with van der Waals surface area (Å²) in [6, 6.07) is 0.811. The third-order valence-electron chi connectivity index (χ3n) is 3.31. The van der Waals surface area contributed by atoms with E-state index >= 15 is 0 Å². The Morgan fingerprint density at radius 1 is 1.23 bits per heavy atom. The zero-order valence-corrected chi connectivity index (χ0v) is 12.9. The van der Waals surface area contributed by atoms with Crippen molar-refractivity contribution in [1.82, 2.24) is 14.3 Å². The highest BCUT2D eigenvalue weighted by Gasteiger charge is 2.34. The molecular weight excluding hydrogens is 321 g/mol. The normalized spacial score (nSPS) is 17.7. The molecule has 6 nitrogen and oxygen atoms in total. The predicted octanol–water partition coefficient (Wildman–Crippen LogP) is 1.36. The van der Waals surface area contributed by atoms with Crippen LogP contribution >= 0.6 is 0 Å². The number of hydrogen-bond donors (Lipinski definition) is 0. The lowest BCUT2D eigenvalue weighted by atomic mass is 10.3. The van der Waals surface area contributed by atoms with Crippen LogP contribution in [0, 0.1) is 0 Å². The fourth-order valence-corrected chi connectivity index (χ4v) is 3.71. The summed E-state index contributed by atoms with van der Waals surface area (Å²) in [5.74, 6) is 0.0509. The monoisotopic (exact) mass is 338 g/mol. The van der Waals surface area contributed by atoms with Crippen molar-refractivity contribution in [1.29, 1.82) is 0 Å². The number of nitrogens with zero attached hydrogens (tertiary/aromatic N) is 4. The molecule has 0 aliphatic carbocycles. The van der Waals surface area contributed by atoms with Crippen molar-refractivity contribution in [2.45, 2.75) is 19.5 Å². The lowest BCUT2D eigenvalue weighted by Crippen LogP contribution is -2.49. The maximum atomic E-state index is 12.6. The molecule has 0 bridgehead atoms. The minimum Gasteiger partial charge on any atom is -0.338 e. The quantitative estimate of drug-likeness (QED) is 0.829. The van der Waals surface area contributed by atoms with Crippen LogP contribution in [0.4, 0.5) is 19.1 Å². The number of sulfonamides is 1. The van der Waals surface area contributed by atoms with E-state index in [0.717, 1.165) is 12.3 Å². The van der Waals surface area contributed by atoms with Gasteiger partial charge in [0.15, 0.2) is 0 Å². The molecule has 0 radical (unpaired) electrons. The van der Waals surface area contributed by atoms with Crippen molar-refractivity contribution in [3.63, 3.8) is 0 Å². The van der Waals surface area contributed by atoms with E-state index in [1.807, 2.05) is 0 Å². The first-order valence-corrected chi connectivity index (χ1v) is 8.48. The largest absolute Gasteiger partial charge is 0.433 e. The fraction of sp³-hybridized carbons (Fsp3) is 0.667. The molecule has 0 saturated carbocycles. The molecule has 10 heteroatoms. The van der Waals surface area contributed by atoms with Crippen LogP contribution in [0.1, 0.15) is 19.0 Å². The Bertz CT molecular complexity index is 613. The first-order chi connectivity index (χ1) is 10.2. The van der Waals surface area contributed by atoms with Crippen molar-refractivity contribution in [3.05, 3.63) is 18.0 Å². The van der Waals surface area contributed by atoms with Crippen molar-refractivity contribution in [3.8, 4) is 0 Å². The molecule has 1 fully saturated rings. The molecule has 2 heterocycles. The van der Waals surface area contributed by atoms with E-state index in [-0.39, 0.29) is 37.9 Å². The second-order valence-corrected chi connectivity index (χ2v) is 7.03. The van der Waals surface area contributed by atoms with Crippen LogP contribution < -0.4 is 4.90 Å². The summed E-state index contributed by atoms with van der Waals surface area (Å²) in [6.07, 6.45) is -2.94. The third-order valence-corrected chi connectivity index (χ3v) is 5.39. The minimum atomic E-state index is -4.52. The summed E-state index contributed by atoms with van der Waals surface area (Å²) in [5, 5.41) is 0. The molecule has 0 unspecified atom stereocenters. The van der Waals surface area contributed by atoms with Gasteiger partial charge in [-0.3, -0.25) is 0 Å². The number of alkyl halides is 3. The lowest BCUT2D eigenvalue weighted by Gasteiger charge is -2.34. The zero-order chi connectivity index (χ0) is 16.4. The number of aromatic nitrogens is 2. The highest BCUT2D eigenvalue weighted by molar-refractivity contribution is 7.89. The van der Waals surface area contributed by atoms with Gasteiger partial charge in [0.1, 0.15) is 5.69 Å². The molecule has 124 valence electrons. The van der Waals surface area contributed by atoms with Gasteiger partial charge in [0.05, 0.1) is 5.75 Å². The molecule has 0 atom stereocenters. The molecule has 0 N–H and O–H groups in total. The van der Waals surface area contributed by atoms with E-state index in [9.17, 15) is 21.6 Å². The van der Waals surface area contributed by atoms with Gasteiger partial charge in [-0.25, -0.2) is 18.4 Å². The van der Waals surface area contributed by atoms with Gasteiger partial charge in [-0.1, -0.05) is 6.92 Å². The van der Waals surface area contributed by atoms with Gasteiger partial charge >= 0.3 is 6.18 Å². The maximum Gasteiger partial charge on any atom is 0.433 e. The summed E-state index contributed by atoms with van der Waals surface area (Å²) in [6.45, 7) is 2.77. The SMILES string of the molecule is CCCS(=O)(=O)N1CCN(c2nccc(C(F)(F)F)n2)CC1. The molecule has 1 saturated heterocycles. The van der Waals surface area contributed by atoms with E-state index < -0.39 is 21.9 Å². The number of piperazine rings is 1. The number of anilines is 1. The van der Waals surface area contributed by atoms with Gasteiger partial charge in [0.2, 0.25) is 16.0 Å². The zero-order valence-electron chi connectivity index (χ0n) is 12.0. The summed E-state index contributed by atoms with van der Waals surface area (Å²) in [4.78, 5) is 8.92. The van der Waals surface area contributed by atoms with Crippen LogP contribution in [-0.4, -0.2) is 54.6 Å². The molecule has 1 aliphatic heterocycles. The van der Waals surface area contributed by atoms with Crippen LogP contribution in [0.15, 0.2) is 12.3 Å². The number of hydrogen-bond acceptors (Lipinski definition) is 5. The average Bonchev–Trinajstić information content (AvgIpc) is 2.47. The van der Waals surface area contributed by atoms with Crippen molar-refractivity contribution >= 4 is 16.0 Å². The molecule has 1 aromatic rings. The van der Waals surface area contributed by atoms with Gasteiger partial charge in [-0.2, -0.15) is 17.5 Å². The molecule has 0 spiro atoms. The smallest absolute Gasteiger partial charge is 0.338 e. The van der Waals surface area contributed by atoms with E-state index in [4.69, 9.17) is 0 Å². The Kier molecular flexibility index (Phi) is 4.90. The van der Waals surface area contributed by atoms with Gasteiger partial charge in [-0.15, -0.1) is 0 Å². The molecule has 1 aliphatic rings. The van der Waals surface area contributed by atoms with Crippen molar-refractivity contribution in [2.24, 2.45) is 0 Å². The highest BCUT2D eigenvalue weighted by atomic mass is 32.2. The number of halogens is 3. The van der Waals surface area contributed by atoms with Gasteiger partial charge in [0.25, 0.3) is 0 Å². The van der Waals surface area contributed by atoms with Gasteiger partial charge in [0, 0.05) is 32.4 Å². The maximum absolute atomic E-state index is 12.6. The Labute approximate surface area is 127 Å². The minimum absolute atomic E-state index is 0.0256. The Morgan fingerprint density at radius 3 is 2.41 bits per heavy atom. The van der Waals surface area contributed by atoms with E-state index in [0.29, 0.717) is 6.42 Å². The third kappa shape index (κ3) is 3.86. The average molecular weight is 338 g/mol. The molecular formula is C12H17F3N4O2S. The Balaban J connectivity index is 2.06. The Hall–Kier alpha value is -1.42. The van der Waals surface area contributed by atoms with Crippen molar-refractivity contribution < 1.29 is 21.6 Å². The van der Waals surface area contributed by atoms with Crippen LogP contribution in [0.2, 0.25) is 0 Å². The topological polar surface area (TPSA) is 66.4 Å². The fourth-order valence-electron chi connectivity index (χ4n) is 2.21. The van der Waals surface area contributed by atoms with Crippen LogP contribution in [-0.2, 0) is 16.2 Å². The first kappa shape index (κ1) is 16.9. The summed E-state index contributed by atoms with van der Waals surface area (Å²) in [7, 11) is -3.28. The second-order valence-electron chi connectivity index (χ2n) is 4.94. The van der Waals surface area contributed by atoms with E-state index in [1.54, 1.807) is 11.8 Å².